The second-order valence-electron chi connectivity index (χ2n) is 6.74. The number of rotatable bonds is 2. The van der Waals surface area contributed by atoms with Gasteiger partial charge < -0.3 is 9.64 Å². The monoisotopic (exact) mass is 355 g/mol. The molecule has 4 rings (SSSR count). The third-order valence-corrected chi connectivity index (χ3v) is 5.04. The molecule has 1 saturated heterocycles. The van der Waals surface area contributed by atoms with Crippen molar-refractivity contribution in [2.75, 3.05) is 24.6 Å². The fraction of sp³-hybridized carbons (Fsp3) is 0.688. The molecule has 9 heteroatoms. The summed E-state index contributed by atoms with van der Waals surface area (Å²) in [7, 11) is 1.79. The zero-order valence-electron chi connectivity index (χ0n) is 14.0. The van der Waals surface area contributed by atoms with Crippen LogP contribution in [0.25, 0.3) is 11.0 Å². The van der Waals surface area contributed by atoms with E-state index in [9.17, 15) is 13.2 Å². The van der Waals surface area contributed by atoms with E-state index in [1.807, 2.05) is 0 Å². The Morgan fingerprint density at radius 2 is 1.96 bits per heavy atom. The van der Waals surface area contributed by atoms with Crippen molar-refractivity contribution in [3.8, 4) is 0 Å². The lowest BCUT2D eigenvalue weighted by atomic mass is 10.1. The van der Waals surface area contributed by atoms with E-state index in [4.69, 9.17) is 4.74 Å². The van der Waals surface area contributed by atoms with Crippen molar-refractivity contribution in [3.05, 3.63) is 12.0 Å². The van der Waals surface area contributed by atoms with Crippen LogP contribution >= 0.6 is 0 Å². The van der Waals surface area contributed by atoms with Crippen LogP contribution in [0, 0.1) is 0 Å². The zero-order chi connectivity index (χ0) is 17.6. The predicted molar refractivity (Wildman–Crippen MR) is 85.5 cm³/mol. The van der Waals surface area contributed by atoms with Gasteiger partial charge in [-0.3, -0.25) is 4.68 Å². The van der Waals surface area contributed by atoms with Crippen molar-refractivity contribution < 1.29 is 17.9 Å². The van der Waals surface area contributed by atoms with Gasteiger partial charge in [0.25, 0.3) is 0 Å². The highest BCUT2D eigenvalue weighted by molar-refractivity contribution is 5.87. The first-order chi connectivity index (χ1) is 11.9. The van der Waals surface area contributed by atoms with Crippen molar-refractivity contribution in [2.24, 2.45) is 7.05 Å². The number of fused-ring (bicyclic) bond motifs is 1. The van der Waals surface area contributed by atoms with E-state index in [1.165, 1.54) is 0 Å². The minimum atomic E-state index is -4.38. The van der Waals surface area contributed by atoms with E-state index in [0.717, 1.165) is 31.5 Å². The van der Waals surface area contributed by atoms with E-state index in [0.29, 0.717) is 23.4 Å². The standard InChI is InChI=1S/C16H20F3N5O/c1-23-14-11(8-20-23)15(22-13(21-14)10-4-2-3-5-10)24-6-7-25-12(9-24)16(17,18)19/h8,10,12H,2-7,9H2,1H3. The number of morpholine rings is 1. The molecule has 1 unspecified atom stereocenters. The van der Waals surface area contributed by atoms with Crippen LogP contribution in [0.2, 0.25) is 0 Å². The summed E-state index contributed by atoms with van der Waals surface area (Å²) in [6.45, 7) is 0.140. The fourth-order valence-electron chi connectivity index (χ4n) is 3.67. The molecule has 0 aromatic carbocycles. The Bertz CT molecular complexity index is 769. The number of anilines is 1. The smallest absolute Gasteiger partial charge is 0.365 e. The Balaban J connectivity index is 1.74. The second-order valence-corrected chi connectivity index (χ2v) is 6.74. The number of halogens is 3. The van der Waals surface area contributed by atoms with Crippen LogP contribution in [0.5, 0.6) is 0 Å². The zero-order valence-corrected chi connectivity index (χ0v) is 14.0. The molecule has 2 fully saturated rings. The molecule has 136 valence electrons. The first kappa shape index (κ1) is 16.6. The van der Waals surface area contributed by atoms with Crippen molar-refractivity contribution in [1.82, 2.24) is 19.7 Å². The third kappa shape index (κ3) is 3.05. The van der Waals surface area contributed by atoms with Crippen molar-refractivity contribution in [3.63, 3.8) is 0 Å². The summed E-state index contributed by atoms with van der Waals surface area (Å²) in [4.78, 5) is 11.0. The molecule has 1 aliphatic heterocycles. The van der Waals surface area contributed by atoms with Gasteiger partial charge >= 0.3 is 6.18 Å². The number of hydrogen-bond acceptors (Lipinski definition) is 5. The van der Waals surface area contributed by atoms with Crippen LogP contribution < -0.4 is 4.90 Å². The maximum atomic E-state index is 13.1. The number of alkyl halides is 3. The predicted octanol–water partition coefficient (Wildman–Crippen LogP) is 2.79. The molecule has 2 aromatic rings. The van der Waals surface area contributed by atoms with Crippen molar-refractivity contribution >= 4 is 16.9 Å². The molecule has 0 N–H and O–H groups in total. The van der Waals surface area contributed by atoms with Crippen LogP contribution in [0.15, 0.2) is 6.20 Å². The lowest BCUT2D eigenvalue weighted by Gasteiger charge is -2.35. The van der Waals surface area contributed by atoms with Gasteiger partial charge in [-0.05, 0) is 12.8 Å². The number of nitrogens with zero attached hydrogens (tertiary/aromatic N) is 5. The highest BCUT2D eigenvalue weighted by Crippen LogP contribution is 2.36. The summed E-state index contributed by atoms with van der Waals surface area (Å²) in [5.41, 5.74) is 0.668. The van der Waals surface area contributed by atoms with Crippen LogP contribution in [0.1, 0.15) is 37.4 Å². The molecule has 0 radical (unpaired) electrons. The van der Waals surface area contributed by atoms with Crippen molar-refractivity contribution in [2.45, 2.75) is 43.9 Å². The van der Waals surface area contributed by atoms with E-state index in [2.05, 4.69) is 15.1 Å². The fourth-order valence-corrected chi connectivity index (χ4v) is 3.67. The molecular weight excluding hydrogens is 335 g/mol. The van der Waals surface area contributed by atoms with E-state index in [-0.39, 0.29) is 19.1 Å². The van der Waals surface area contributed by atoms with E-state index < -0.39 is 12.3 Å². The van der Waals surface area contributed by atoms with Gasteiger partial charge in [0, 0.05) is 19.5 Å². The molecular formula is C16H20F3N5O. The topological polar surface area (TPSA) is 56.1 Å². The average molecular weight is 355 g/mol. The summed E-state index contributed by atoms with van der Waals surface area (Å²) >= 11 is 0. The molecule has 6 nitrogen and oxygen atoms in total. The van der Waals surface area contributed by atoms with Crippen molar-refractivity contribution in [1.29, 1.82) is 0 Å². The van der Waals surface area contributed by atoms with E-state index in [1.54, 1.807) is 22.8 Å². The lowest BCUT2D eigenvalue weighted by molar-refractivity contribution is -0.221. The minimum Gasteiger partial charge on any atom is -0.365 e. The Hall–Kier alpha value is -1.90. The van der Waals surface area contributed by atoms with Gasteiger partial charge in [0.2, 0.25) is 0 Å². The van der Waals surface area contributed by atoms with Gasteiger partial charge in [-0.15, -0.1) is 0 Å². The second kappa shape index (κ2) is 6.12. The number of hydrogen-bond donors (Lipinski definition) is 0. The Labute approximate surface area is 143 Å². The number of aromatic nitrogens is 4. The van der Waals surface area contributed by atoms with E-state index >= 15 is 0 Å². The lowest BCUT2D eigenvalue weighted by Crippen LogP contribution is -2.49. The van der Waals surface area contributed by atoms with Crippen LogP contribution in [-0.2, 0) is 11.8 Å². The number of aryl methyl sites for hydroxylation is 1. The summed E-state index contributed by atoms with van der Waals surface area (Å²) < 4.78 is 45.8. The maximum absolute atomic E-state index is 13.1. The molecule has 2 aromatic heterocycles. The minimum absolute atomic E-state index is 0.0225. The molecule has 25 heavy (non-hydrogen) atoms. The molecule has 0 amide bonds. The maximum Gasteiger partial charge on any atom is 0.416 e. The summed E-state index contributed by atoms with van der Waals surface area (Å²) in [6, 6.07) is 0. The van der Waals surface area contributed by atoms with Gasteiger partial charge in [0.05, 0.1) is 24.7 Å². The number of ether oxygens (including phenoxy) is 1. The average Bonchev–Trinajstić information content (AvgIpc) is 3.24. The Morgan fingerprint density at radius 3 is 2.68 bits per heavy atom. The molecule has 1 aliphatic carbocycles. The van der Waals surface area contributed by atoms with Gasteiger partial charge in [-0.1, -0.05) is 12.8 Å². The third-order valence-electron chi connectivity index (χ3n) is 5.04. The first-order valence-electron chi connectivity index (χ1n) is 8.56. The highest BCUT2D eigenvalue weighted by atomic mass is 19.4. The molecule has 3 heterocycles. The summed E-state index contributed by atoms with van der Waals surface area (Å²) in [5, 5.41) is 4.91. The summed E-state index contributed by atoms with van der Waals surface area (Å²) in [5.74, 6) is 1.54. The highest BCUT2D eigenvalue weighted by Gasteiger charge is 2.44. The van der Waals surface area contributed by atoms with Gasteiger partial charge in [0.15, 0.2) is 11.8 Å². The molecule has 1 atom stereocenters. The first-order valence-corrected chi connectivity index (χ1v) is 8.56. The van der Waals surface area contributed by atoms with Gasteiger partial charge in [-0.25, -0.2) is 9.97 Å². The quantitative estimate of drug-likeness (QED) is 0.829. The molecule has 0 bridgehead atoms. The SMILES string of the molecule is Cn1ncc2c(N3CCOC(C(F)(F)F)C3)nc(C3CCCC3)nc21. The largest absolute Gasteiger partial charge is 0.416 e. The van der Waals surface area contributed by atoms with Crippen LogP contribution in [0.4, 0.5) is 19.0 Å². The summed E-state index contributed by atoms with van der Waals surface area (Å²) in [6.07, 6.45) is -0.220. The Kier molecular flexibility index (Phi) is 4.05. The molecule has 1 saturated carbocycles. The van der Waals surface area contributed by atoms with Gasteiger partial charge in [0.1, 0.15) is 11.6 Å². The van der Waals surface area contributed by atoms with Crippen LogP contribution in [-0.4, -0.2) is 51.7 Å². The van der Waals surface area contributed by atoms with Crippen LogP contribution in [0.3, 0.4) is 0 Å². The normalized spacial score (nSPS) is 22.9. The van der Waals surface area contributed by atoms with Gasteiger partial charge in [-0.2, -0.15) is 18.3 Å². The molecule has 2 aliphatic rings. The molecule has 0 spiro atoms. The Morgan fingerprint density at radius 1 is 1.20 bits per heavy atom.